The molecule has 0 saturated heterocycles. The average Bonchev–Trinajstić information content (AvgIpc) is 2.63. The van der Waals surface area contributed by atoms with E-state index in [1.807, 2.05) is 43.3 Å². The van der Waals surface area contributed by atoms with Crippen LogP contribution in [0.15, 0.2) is 48.5 Å². The highest BCUT2D eigenvalue weighted by Crippen LogP contribution is 2.35. The lowest BCUT2D eigenvalue weighted by Crippen LogP contribution is -2.11. The topological polar surface area (TPSA) is 70.0 Å². The number of hydrogen-bond donors (Lipinski definition) is 2. The van der Waals surface area contributed by atoms with E-state index in [9.17, 15) is 15.0 Å². The molecule has 0 fully saturated rings. The zero-order chi connectivity index (χ0) is 18.8. The molecule has 0 spiro atoms. The molecule has 3 aromatic rings. The van der Waals surface area contributed by atoms with Crippen molar-refractivity contribution < 1.29 is 19.7 Å². The molecule has 5 nitrogen and oxygen atoms in total. The standard InChI is InChI=1S/C21H21NO4/c1-22(2)19-7-5-4-6-13(19)10-17-15-9-8-14(26-3)11-16(15)18(21(24)25)12-20(17)23/h4-9,11-12,23H,10H2,1-3H3,(H,24,25). The molecule has 0 radical (unpaired) electrons. The van der Waals surface area contributed by atoms with E-state index < -0.39 is 5.97 Å². The monoisotopic (exact) mass is 351 g/mol. The van der Waals surface area contributed by atoms with Crippen LogP contribution >= 0.6 is 0 Å². The number of nitrogens with zero attached hydrogens (tertiary/aromatic N) is 1. The number of hydrogen-bond acceptors (Lipinski definition) is 4. The number of carboxylic acid groups (broad SMARTS) is 1. The SMILES string of the molecule is COc1ccc2c(Cc3ccccc3N(C)C)c(O)cc(C(=O)O)c2c1. The van der Waals surface area contributed by atoms with Crippen molar-refractivity contribution in [3.05, 3.63) is 65.2 Å². The first kappa shape index (κ1) is 17.6. The normalized spacial score (nSPS) is 10.7. The summed E-state index contributed by atoms with van der Waals surface area (Å²) in [6.45, 7) is 0. The third-order valence-corrected chi connectivity index (χ3v) is 4.50. The summed E-state index contributed by atoms with van der Waals surface area (Å²) in [6, 6.07) is 14.5. The van der Waals surface area contributed by atoms with E-state index >= 15 is 0 Å². The van der Waals surface area contributed by atoms with Crippen LogP contribution in [0.5, 0.6) is 11.5 Å². The lowest BCUT2D eigenvalue weighted by Gasteiger charge is -2.19. The highest BCUT2D eigenvalue weighted by atomic mass is 16.5. The second kappa shape index (κ2) is 6.96. The van der Waals surface area contributed by atoms with Gasteiger partial charge in [-0.1, -0.05) is 24.3 Å². The lowest BCUT2D eigenvalue weighted by atomic mass is 9.93. The van der Waals surface area contributed by atoms with E-state index in [-0.39, 0.29) is 11.3 Å². The van der Waals surface area contributed by atoms with E-state index in [1.54, 1.807) is 18.2 Å². The number of para-hydroxylation sites is 1. The van der Waals surface area contributed by atoms with Gasteiger partial charge in [-0.2, -0.15) is 0 Å². The predicted octanol–water partition coefficient (Wildman–Crippen LogP) is 3.91. The van der Waals surface area contributed by atoms with E-state index in [2.05, 4.69) is 0 Å². The van der Waals surface area contributed by atoms with Crippen LogP contribution in [-0.4, -0.2) is 37.4 Å². The van der Waals surface area contributed by atoms with Crippen LogP contribution in [0.1, 0.15) is 21.5 Å². The molecule has 0 aromatic heterocycles. The maximum atomic E-state index is 11.6. The molecule has 26 heavy (non-hydrogen) atoms. The van der Waals surface area contributed by atoms with E-state index in [1.165, 1.54) is 13.2 Å². The van der Waals surface area contributed by atoms with E-state index in [0.717, 1.165) is 11.3 Å². The first-order chi connectivity index (χ1) is 12.4. The minimum absolute atomic E-state index is 0.0198. The molecule has 0 unspecified atom stereocenters. The molecule has 0 amide bonds. The molecular weight excluding hydrogens is 330 g/mol. The van der Waals surface area contributed by atoms with Gasteiger partial charge in [-0.15, -0.1) is 0 Å². The number of aromatic hydroxyl groups is 1. The van der Waals surface area contributed by atoms with Crippen molar-refractivity contribution in [2.75, 3.05) is 26.1 Å². The van der Waals surface area contributed by atoms with Gasteiger partial charge in [0.15, 0.2) is 0 Å². The van der Waals surface area contributed by atoms with Gasteiger partial charge in [-0.3, -0.25) is 0 Å². The van der Waals surface area contributed by atoms with Gasteiger partial charge < -0.3 is 19.8 Å². The van der Waals surface area contributed by atoms with Crippen LogP contribution in [0.3, 0.4) is 0 Å². The molecule has 2 N–H and O–H groups in total. The fourth-order valence-corrected chi connectivity index (χ4v) is 3.23. The molecule has 3 rings (SSSR count). The summed E-state index contributed by atoms with van der Waals surface area (Å²) in [4.78, 5) is 13.6. The Morgan fingerprint density at radius 3 is 2.46 bits per heavy atom. The fraction of sp³-hybridized carbons (Fsp3) is 0.190. The maximum absolute atomic E-state index is 11.6. The third kappa shape index (κ3) is 3.16. The van der Waals surface area contributed by atoms with Crippen LogP contribution < -0.4 is 9.64 Å². The van der Waals surface area contributed by atoms with Crippen molar-refractivity contribution in [1.82, 2.24) is 0 Å². The molecule has 0 bridgehead atoms. The van der Waals surface area contributed by atoms with Crippen molar-refractivity contribution in [2.24, 2.45) is 0 Å². The number of aromatic carboxylic acids is 1. The summed E-state index contributed by atoms with van der Waals surface area (Å²) in [6.07, 6.45) is 0.489. The molecule has 3 aromatic carbocycles. The van der Waals surface area contributed by atoms with Crippen molar-refractivity contribution >= 4 is 22.4 Å². The Kier molecular flexibility index (Phi) is 4.71. The smallest absolute Gasteiger partial charge is 0.336 e. The Balaban J connectivity index is 2.23. The summed E-state index contributed by atoms with van der Waals surface area (Å²) in [7, 11) is 5.47. The quantitative estimate of drug-likeness (QED) is 0.729. The summed E-state index contributed by atoms with van der Waals surface area (Å²) < 4.78 is 5.23. The minimum Gasteiger partial charge on any atom is -0.508 e. The number of ether oxygens (including phenoxy) is 1. The van der Waals surface area contributed by atoms with Gasteiger partial charge in [-0.05, 0) is 35.2 Å². The number of benzene rings is 3. The molecular formula is C21H21NO4. The van der Waals surface area contributed by atoms with Crippen LogP contribution in [0.2, 0.25) is 0 Å². The largest absolute Gasteiger partial charge is 0.508 e. The summed E-state index contributed by atoms with van der Waals surface area (Å²) >= 11 is 0. The van der Waals surface area contributed by atoms with Gasteiger partial charge in [0.25, 0.3) is 0 Å². The number of carboxylic acids is 1. The Labute approximate surface area is 152 Å². The Morgan fingerprint density at radius 2 is 1.81 bits per heavy atom. The van der Waals surface area contributed by atoms with Gasteiger partial charge in [0.05, 0.1) is 12.7 Å². The van der Waals surface area contributed by atoms with Crippen molar-refractivity contribution in [1.29, 1.82) is 0 Å². The van der Waals surface area contributed by atoms with Crippen LogP contribution in [0, 0.1) is 0 Å². The molecule has 0 atom stereocenters. The number of anilines is 1. The highest BCUT2D eigenvalue weighted by molar-refractivity contribution is 6.06. The first-order valence-electron chi connectivity index (χ1n) is 8.23. The van der Waals surface area contributed by atoms with E-state index in [4.69, 9.17) is 4.74 Å². The number of phenolic OH excluding ortho intramolecular Hbond substituents is 1. The van der Waals surface area contributed by atoms with Gasteiger partial charge >= 0.3 is 5.97 Å². The minimum atomic E-state index is -1.08. The van der Waals surface area contributed by atoms with Gasteiger partial charge in [0.2, 0.25) is 0 Å². The first-order valence-corrected chi connectivity index (χ1v) is 8.23. The molecule has 0 aliphatic rings. The Morgan fingerprint density at radius 1 is 1.08 bits per heavy atom. The van der Waals surface area contributed by atoms with Gasteiger partial charge in [-0.25, -0.2) is 4.79 Å². The fourth-order valence-electron chi connectivity index (χ4n) is 3.23. The predicted molar refractivity (Wildman–Crippen MR) is 103 cm³/mol. The van der Waals surface area contributed by atoms with Crippen molar-refractivity contribution in [3.63, 3.8) is 0 Å². The average molecular weight is 351 g/mol. The zero-order valence-electron chi connectivity index (χ0n) is 15.0. The van der Waals surface area contributed by atoms with Crippen LogP contribution in [0.4, 0.5) is 5.69 Å². The second-order valence-corrected chi connectivity index (χ2v) is 6.34. The summed E-state index contributed by atoms with van der Waals surface area (Å²) in [5.74, 6) is -0.530. The number of phenols is 1. The number of rotatable bonds is 5. The lowest BCUT2D eigenvalue weighted by molar-refractivity contribution is 0.0698. The Bertz CT molecular complexity index is 979. The number of fused-ring (bicyclic) bond motifs is 1. The van der Waals surface area contributed by atoms with Crippen molar-refractivity contribution in [3.8, 4) is 11.5 Å². The van der Waals surface area contributed by atoms with Gasteiger partial charge in [0.1, 0.15) is 11.5 Å². The summed E-state index contributed by atoms with van der Waals surface area (Å²) in [5, 5.41) is 21.3. The van der Waals surface area contributed by atoms with E-state index in [0.29, 0.717) is 28.5 Å². The van der Waals surface area contributed by atoms with Gasteiger partial charge in [0, 0.05) is 37.2 Å². The molecule has 134 valence electrons. The molecule has 0 heterocycles. The Hall–Kier alpha value is -3.21. The highest BCUT2D eigenvalue weighted by Gasteiger charge is 2.18. The second-order valence-electron chi connectivity index (χ2n) is 6.34. The summed E-state index contributed by atoms with van der Waals surface area (Å²) in [5.41, 5.74) is 2.85. The maximum Gasteiger partial charge on any atom is 0.336 e. The van der Waals surface area contributed by atoms with Crippen LogP contribution in [-0.2, 0) is 6.42 Å². The molecule has 0 aliphatic carbocycles. The van der Waals surface area contributed by atoms with Crippen LogP contribution in [0.25, 0.3) is 10.8 Å². The third-order valence-electron chi connectivity index (χ3n) is 4.50. The van der Waals surface area contributed by atoms with Crippen molar-refractivity contribution in [2.45, 2.75) is 6.42 Å². The number of methoxy groups -OCH3 is 1. The molecule has 5 heteroatoms. The zero-order valence-corrected chi connectivity index (χ0v) is 15.0. The molecule has 0 aliphatic heterocycles. The molecule has 0 saturated carbocycles. The number of carbonyl (C=O) groups is 1.